The Morgan fingerprint density at radius 2 is 2.38 bits per heavy atom. The Bertz CT molecular complexity index is 404. The van der Waals surface area contributed by atoms with Crippen LogP contribution in [0, 0.1) is 0 Å². The van der Waals surface area contributed by atoms with Gasteiger partial charge in [-0.05, 0) is 25.1 Å². The maximum Gasteiger partial charge on any atom is 0.355 e. The Morgan fingerprint density at radius 3 is 2.94 bits per heavy atom. The number of allylic oxidation sites excluding steroid dienone is 2. The molecule has 4 heteroatoms. The van der Waals surface area contributed by atoms with Crippen LogP contribution in [-0.4, -0.2) is 24.3 Å². The van der Waals surface area contributed by atoms with E-state index in [1.165, 1.54) is 7.11 Å². The normalized spacial score (nSPS) is 11.0. The number of esters is 1. The molecule has 0 unspecified atom stereocenters. The third kappa shape index (κ3) is 2.53. The second-order valence-electron chi connectivity index (χ2n) is 2.93. The van der Waals surface area contributed by atoms with Gasteiger partial charge in [-0.1, -0.05) is 12.7 Å². The monoisotopic (exact) mass is 221 g/mol. The van der Waals surface area contributed by atoms with Gasteiger partial charge < -0.3 is 9.47 Å². The van der Waals surface area contributed by atoms with Crippen LogP contribution in [0.15, 0.2) is 37.1 Å². The van der Waals surface area contributed by atoms with E-state index in [4.69, 9.17) is 4.74 Å². The van der Waals surface area contributed by atoms with E-state index < -0.39 is 5.97 Å². The van der Waals surface area contributed by atoms with Crippen molar-refractivity contribution in [1.29, 1.82) is 0 Å². The van der Waals surface area contributed by atoms with Gasteiger partial charge in [0.05, 0.1) is 13.7 Å². The molecule has 1 rings (SSSR count). The van der Waals surface area contributed by atoms with Crippen LogP contribution < -0.4 is 0 Å². The van der Waals surface area contributed by atoms with E-state index in [2.05, 4.69) is 11.3 Å². The number of rotatable bonds is 5. The number of ether oxygens (including phenoxy) is 2. The molecular formula is C12H15NO3. The van der Waals surface area contributed by atoms with Gasteiger partial charge in [0, 0.05) is 6.20 Å². The fourth-order valence-corrected chi connectivity index (χ4v) is 1.29. The summed E-state index contributed by atoms with van der Waals surface area (Å²) in [5.41, 5.74) is 0.420. The van der Waals surface area contributed by atoms with Crippen LogP contribution in [-0.2, 0) is 9.47 Å². The molecule has 0 aliphatic rings. The number of hydrogen-bond donors (Lipinski definition) is 0. The quantitative estimate of drug-likeness (QED) is 0.435. The van der Waals surface area contributed by atoms with Crippen molar-refractivity contribution in [3.63, 3.8) is 0 Å². The smallest absolute Gasteiger partial charge is 0.355 e. The summed E-state index contributed by atoms with van der Waals surface area (Å²) < 4.78 is 11.7. The van der Waals surface area contributed by atoms with E-state index in [0.717, 1.165) is 0 Å². The molecular weight excluding hydrogens is 206 g/mol. The lowest BCUT2D eigenvalue weighted by molar-refractivity contribution is 0.0589. The molecule has 86 valence electrons. The van der Waals surface area contributed by atoms with Gasteiger partial charge in [0.15, 0.2) is 5.88 Å². The molecule has 0 amide bonds. The van der Waals surface area contributed by atoms with Crippen LogP contribution in [0.5, 0.6) is 0 Å². The van der Waals surface area contributed by atoms with Crippen LogP contribution in [0.25, 0.3) is 5.88 Å². The second kappa shape index (κ2) is 5.80. The van der Waals surface area contributed by atoms with Gasteiger partial charge in [0.2, 0.25) is 0 Å². The van der Waals surface area contributed by atoms with E-state index in [1.807, 2.05) is 6.92 Å². The van der Waals surface area contributed by atoms with Gasteiger partial charge in [-0.2, -0.15) is 0 Å². The Hall–Kier alpha value is -1.97. The minimum absolute atomic E-state index is 0.403. The van der Waals surface area contributed by atoms with E-state index >= 15 is 0 Å². The summed E-state index contributed by atoms with van der Waals surface area (Å²) in [7, 11) is 1.34. The Labute approximate surface area is 94.8 Å². The van der Waals surface area contributed by atoms with Crippen molar-refractivity contribution >= 4 is 11.9 Å². The molecule has 0 bridgehead atoms. The molecule has 0 atom stereocenters. The zero-order chi connectivity index (χ0) is 12.0. The maximum atomic E-state index is 11.5. The predicted molar refractivity (Wildman–Crippen MR) is 61.9 cm³/mol. The highest BCUT2D eigenvalue weighted by molar-refractivity contribution is 5.88. The highest BCUT2D eigenvalue weighted by Gasteiger charge is 2.13. The average molecular weight is 221 g/mol. The molecule has 0 aliphatic carbocycles. The first kappa shape index (κ1) is 12.1. The molecule has 0 N–H and O–H groups in total. The van der Waals surface area contributed by atoms with Crippen LogP contribution in [0.4, 0.5) is 0 Å². The first-order valence-electron chi connectivity index (χ1n) is 4.96. The number of carbonyl (C=O) groups excluding carboxylic acids is 1. The number of carbonyl (C=O) groups is 1. The summed E-state index contributed by atoms with van der Waals surface area (Å²) in [6.45, 7) is 5.99. The standard InChI is InChI=1S/C12H15NO3/c1-4-7-11(16-5-2)13-9-6-8-10(13)12(14)15-3/h4,6-9H,1,5H2,2-3H3/b11-7+. The lowest BCUT2D eigenvalue weighted by Gasteiger charge is -2.11. The highest BCUT2D eigenvalue weighted by Crippen LogP contribution is 2.13. The van der Waals surface area contributed by atoms with Crippen LogP contribution >= 0.6 is 0 Å². The Balaban J connectivity index is 3.10. The summed E-state index contributed by atoms with van der Waals surface area (Å²) >= 11 is 0. The van der Waals surface area contributed by atoms with Crippen LogP contribution in [0.1, 0.15) is 17.4 Å². The number of aromatic nitrogens is 1. The second-order valence-corrected chi connectivity index (χ2v) is 2.93. The Kier molecular flexibility index (Phi) is 4.39. The average Bonchev–Trinajstić information content (AvgIpc) is 2.76. The minimum atomic E-state index is -0.403. The molecule has 1 heterocycles. The first-order valence-corrected chi connectivity index (χ1v) is 4.96. The van der Waals surface area contributed by atoms with Gasteiger partial charge >= 0.3 is 5.97 Å². The topological polar surface area (TPSA) is 40.5 Å². The third-order valence-electron chi connectivity index (χ3n) is 1.93. The SMILES string of the molecule is C=C/C=C(/OCC)n1cccc1C(=O)OC. The van der Waals surface area contributed by atoms with Gasteiger partial charge in [-0.3, -0.25) is 4.57 Å². The molecule has 1 aromatic rings. The fourth-order valence-electron chi connectivity index (χ4n) is 1.29. The molecule has 16 heavy (non-hydrogen) atoms. The molecule has 4 nitrogen and oxygen atoms in total. The molecule has 0 saturated carbocycles. The lowest BCUT2D eigenvalue weighted by Crippen LogP contribution is -2.11. The zero-order valence-corrected chi connectivity index (χ0v) is 9.47. The van der Waals surface area contributed by atoms with Crippen molar-refractivity contribution in [2.45, 2.75) is 6.92 Å². The third-order valence-corrected chi connectivity index (χ3v) is 1.93. The summed E-state index contributed by atoms with van der Waals surface area (Å²) in [5.74, 6) is 0.141. The molecule has 1 aromatic heterocycles. The number of hydrogen-bond acceptors (Lipinski definition) is 3. The maximum absolute atomic E-state index is 11.5. The van der Waals surface area contributed by atoms with Crippen molar-refractivity contribution < 1.29 is 14.3 Å². The van der Waals surface area contributed by atoms with Gasteiger partial charge in [0.1, 0.15) is 5.69 Å². The minimum Gasteiger partial charge on any atom is -0.479 e. The highest BCUT2D eigenvalue weighted by atomic mass is 16.5. The molecule has 0 fully saturated rings. The van der Waals surface area contributed by atoms with Crippen molar-refractivity contribution in [2.24, 2.45) is 0 Å². The largest absolute Gasteiger partial charge is 0.479 e. The summed E-state index contributed by atoms with van der Waals surface area (Å²) in [6.07, 6.45) is 5.03. The van der Waals surface area contributed by atoms with E-state index in [-0.39, 0.29) is 0 Å². The van der Waals surface area contributed by atoms with Crippen molar-refractivity contribution in [3.8, 4) is 0 Å². The lowest BCUT2D eigenvalue weighted by atomic mass is 10.4. The first-order chi connectivity index (χ1) is 7.74. The molecule has 0 aromatic carbocycles. The summed E-state index contributed by atoms with van der Waals surface area (Å²) in [5, 5.41) is 0. The fraction of sp³-hybridized carbons (Fsp3) is 0.250. The Morgan fingerprint density at radius 1 is 1.62 bits per heavy atom. The van der Waals surface area contributed by atoms with Crippen molar-refractivity contribution in [2.75, 3.05) is 13.7 Å². The molecule has 0 spiro atoms. The van der Waals surface area contributed by atoms with Gasteiger partial charge in [0.25, 0.3) is 0 Å². The number of methoxy groups -OCH3 is 1. The number of nitrogens with zero attached hydrogens (tertiary/aromatic N) is 1. The van der Waals surface area contributed by atoms with Crippen LogP contribution in [0.3, 0.4) is 0 Å². The molecule has 0 saturated heterocycles. The van der Waals surface area contributed by atoms with E-state index in [1.54, 1.807) is 35.0 Å². The predicted octanol–water partition coefficient (Wildman–Crippen LogP) is 2.30. The molecule has 0 aliphatic heterocycles. The summed E-state index contributed by atoms with van der Waals surface area (Å²) in [4.78, 5) is 11.5. The van der Waals surface area contributed by atoms with Gasteiger partial charge in [-0.25, -0.2) is 4.79 Å². The van der Waals surface area contributed by atoms with Crippen molar-refractivity contribution in [3.05, 3.63) is 42.8 Å². The zero-order valence-electron chi connectivity index (χ0n) is 9.47. The van der Waals surface area contributed by atoms with E-state index in [9.17, 15) is 4.79 Å². The van der Waals surface area contributed by atoms with Crippen molar-refractivity contribution in [1.82, 2.24) is 4.57 Å². The molecule has 0 radical (unpaired) electrons. The van der Waals surface area contributed by atoms with Crippen LogP contribution in [0.2, 0.25) is 0 Å². The van der Waals surface area contributed by atoms with E-state index in [0.29, 0.717) is 18.2 Å². The summed E-state index contributed by atoms with van der Waals surface area (Å²) in [6, 6.07) is 3.42. The van der Waals surface area contributed by atoms with Gasteiger partial charge in [-0.15, -0.1) is 0 Å².